The third kappa shape index (κ3) is 5.92. The highest BCUT2D eigenvalue weighted by atomic mass is 31.3. The Balaban J connectivity index is 1.68. The zero-order chi connectivity index (χ0) is 23.2. The van der Waals surface area contributed by atoms with Crippen molar-refractivity contribution in [1.29, 1.82) is 0 Å². The van der Waals surface area contributed by atoms with Crippen LogP contribution in [0, 0.1) is 0 Å². The van der Waals surface area contributed by atoms with E-state index in [1.807, 2.05) is 0 Å². The molecule has 1 saturated heterocycles. The number of imidazole rings is 1. The number of nitrogens with zero attached hydrogens (tertiary/aromatic N) is 4. The summed E-state index contributed by atoms with van der Waals surface area (Å²) < 4.78 is 27.3. The summed E-state index contributed by atoms with van der Waals surface area (Å²) in [6.07, 6.45) is -3.28. The van der Waals surface area contributed by atoms with Crippen LogP contribution in [0.1, 0.15) is 6.23 Å². The number of aromatic nitrogens is 4. The fourth-order valence-corrected chi connectivity index (χ4v) is 7.29. The van der Waals surface area contributed by atoms with Crippen LogP contribution in [0.3, 0.4) is 0 Å². The Morgan fingerprint density at radius 1 is 1.29 bits per heavy atom. The van der Waals surface area contributed by atoms with Crippen molar-refractivity contribution in [3.8, 4) is 0 Å². The Morgan fingerprint density at radius 3 is 2.61 bits per heavy atom. The summed E-state index contributed by atoms with van der Waals surface area (Å²) in [5.41, 5.74) is 6.10. The van der Waals surface area contributed by atoms with Crippen molar-refractivity contribution in [2.75, 3.05) is 18.2 Å². The lowest BCUT2D eigenvalue weighted by Crippen LogP contribution is -2.34. The predicted octanol–water partition coefficient (Wildman–Crippen LogP) is -3.48. The molecule has 3 rings (SSSR count). The van der Waals surface area contributed by atoms with Crippen LogP contribution in [0.2, 0.25) is 0 Å². The quantitative estimate of drug-likeness (QED) is 0.152. The Morgan fingerprint density at radius 2 is 1.97 bits per heavy atom. The maximum absolute atomic E-state index is 12.1. The molecule has 3 radical (unpaired) electrons. The summed E-state index contributed by atoms with van der Waals surface area (Å²) >= 11 is 0. The molecule has 0 bridgehead atoms. The average Bonchev–Trinajstić information content (AvgIpc) is 3.13. The largest absolute Gasteiger partial charge is 0.675 e. The van der Waals surface area contributed by atoms with E-state index < -0.39 is 60.4 Å². The minimum atomic E-state index is -5.08. The summed E-state index contributed by atoms with van der Waals surface area (Å²) in [6, 6.07) is 0. The maximum atomic E-state index is 12.1. The number of nitrogens with two attached hydrogens (primary N) is 1. The lowest BCUT2D eigenvalue weighted by atomic mass is 10.1. The lowest BCUT2D eigenvalue weighted by molar-refractivity contribution is -0.207. The predicted molar refractivity (Wildman–Crippen MR) is 101 cm³/mol. The van der Waals surface area contributed by atoms with Crippen molar-refractivity contribution < 1.29 is 52.8 Å². The second-order valence-corrected chi connectivity index (χ2v) is 12.2. The van der Waals surface area contributed by atoms with Gasteiger partial charge in [-0.05, 0) is 7.82 Å². The molecule has 1 aliphatic rings. The molecule has 1 aliphatic heterocycles. The highest BCUT2D eigenvalue weighted by Gasteiger charge is 2.46. The van der Waals surface area contributed by atoms with Crippen molar-refractivity contribution in [3.63, 3.8) is 0 Å². The van der Waals surface area contributed by atoms with Gasteiger partial charge in [-0.1, -0.05) is 0 Å². The Hall–Kier alpha value is -0.895. The number of ether oxygens (including phenoxy) is 1. The number of rotatable bonds is 8. The SMILES string of the molecule is [B-][P+]([O-])(OC[C@H]1O[C@@H](n2cnc3c(N)ncnc32)[C@H](O)[C@@H]1O)OP(=O)(O)C[P+]([O-])(O)O. The molecule has 6 atom stereocenters. The van der Waals surface area contributed by atoms with Gasteiger partial charge >= 0.3 is 7.60 Å². The van der Waals surface area contributed by atoms with Gasteiger partial charge in [0.15, 0.2) is 17.7 Å². The molecule has 2 aromatic rings. The number of nitrogen functional groups attached to an aromatic ring is 1. The number of aliphatic hydroxyl groups excluding tert-OH is 2. The monoisotopic (exact) mass is 499 g/mol. The summed E-state index contributed by atoms with van der Waals surface area (Å²) in [5.74, 6) is -1.56. The maximum Gasteiger partial charge on any atom is 0.400 e. The van der Waals surface area contributed by atoms with E-state index in [0.717, 1.165) is 6.33 Å². The number of fused-ring (bicyclic) bond motifs is 1. The molecule has 0 aromatic carbocycles. The molecule has 3 heterocycles. The van der Waals surface area contributed by atoms with Crippen molar-refractivity contribution in [3.05, 3.63) is 12.7 Å². The number of anilines is 1. The first-order valence-corrected chi connectivity index (χ1v) is 13.4. The molecule has 0 saturated carbocycles. The van der Waals surface area contributed by atoms with Gasteiger partial charge in [0, 0.05) is 0 Å². The Bertz CT molecular complexity index is 990. The Labute approximate surface area is 176 Å². The summed E-state index contributed by atoms with van der Waals surface area (Å²) in [5, 5.41) is 20.5. The van der Waals surface area contributed by atoms with E-state index >= 15 is 0 Å². The highest BCUT2D eigenvalue weighted by molar-refractivity contribution is 7.89. The van der Waals surface area contributed by atoms with Gasteiger partial charge in [0.2, 0.25) is 13.8 Å². The lowest BCUT2D eigenvalue weighted by Gasteiger charge is -2.38. The van der Waals surface area contributed by atoms with E-state index in [0.29, 0.717) is 0 Å². The van der Waals surface area contributed by atoms with Gasteiger partial charge in [-0.15, -0.1) is 0 Å². The minimum Gasteiger partial charge on any atom is -0.675 e. The fraction of sp³-hybridized carbons (Fsp3) is 0.545. The smallest absolute Gasteiger partial charge is 0.400 e. The van der Waals surface area contributed by atoms with Gasteiger partial charge in [0.1, 0.15) is 36.8 Å². The molecule has 171 valence electrons. The van der Waals surface area contributed by atoms with Gasteiger partial charge in [-0.25, -0.2) is 32.3 Å². The molecule has 0 amide bonds. The second kappa shape index (κ2) is 8.80. The first-order chi connectivity index (χ1) is 14.2. The minimum absolute atomic E-state index is 0.0710. The van der Waals surface area contributed by atoms with Crippen LogP contribution < -0.4 is 15.5 Å². The van der Waals surface area contributed by atoms with Crippen LogP contribution in [0.15, 0.2) is 12.7 Å². The van der Waals surface area contributed by atoms with E-state index in [9.17, 15) is 29.5 Å². The molecule has 2 aromatic heterocycles. The highest BCUT2D eigenvalue weighted by Crippen LogP contribution is 2.67. The third-order valence-corrected chi connectivity index (χ3v) is 9.37. The number of aliphatic hydroxyl groups is 2. The van der Waals surface area contributed by atoms with Crippen molar-refractivity contribution in [2.24, 2.45) is 0 Å². The first-order valence-electron chi connectivity index (χ1n) is 8.24. The third-order valence-electron chi connectivity index (χ3n) is 4.02. The van der Waals surface area contributed by atoms with E-state index in [2.05, 4.69) is 19.3 Å². The number of hydrogen-bond acceptors (Lipinski definition) is 14. The van der Waals surface area contributed by atoms with E-state index in [4.69, 9.17) is 32.3 Å². The average molecular weight is 499 g/mol. The van der Waals surface area contributed by atoms with Gasteiger partial charge < -0.3 is 35.4 Å². The van der Waals surface area contributed by atoms with E-state index in [-0.39, 0.29) is 17.0 Å². The molecule has 7 N–H and O–H groups in total. The molecule has 16 nitrogen and oxygen atoms in total. The van der Waals surface area contributed by atoms with Gasteiger partial charge in [-0.2, -0.15) is 4.31 Å². The van der Waals surface area contributed by atoms with Crippen molar-refractivity contribution >= 4 is 47.9 Å². The summed E-state index contributed by atoms with van der Waals surface area (Å²) in [6.45, 7) is -0.776. The normalized spacial score (nSPS) is 28.5. The van der Waals surface area contributed by atoms with E-state index in [1.54, 1.807) is 0 Å². The molecular weight excluding hydrogens is 482 g/mol. The van der Waals surface area contributed by atoms with Crippen LogP contribution in [0.5, 0.6) is 0 Å². The van der Waals surface area contributed by atoms with Crippen LogP contribution in [-0.4, -0.2) is 82.8 Å². The van der Waals surface area contributed by atoms with Crippen LogP contribution in [0.4, 0.5) is 5.82 Å². The zero-order valence-electron chi connectivity index (χ0n) is 15.3. The molecular formula is C11H17BN5O11P3-. The molecule has 1 fully saturated rings. The Kier molecular flexibility index (Phi) is 7.03. The van der Waals surface area contributed by atoms with Crippen LogP contribution in [-0.2, 0) is 18.1 Å². The van der Waals surface area contributed by atoms with Gasteiger partial charge in [-0.3, -0.25) is 13.7 Å². The molecule has 2 unspecified atom stereocenters. The topological polar surface area (TPSA) is 262 Å². The van der Waals surface area contributed by atoms with Gasteiger partial charge in [0.05, 0.1) is 6.33 Å². The van der Waals surface area contributed by atoms with Crippen LogP contribution in [0.25, 0.3) is 11.2 Å². The molecule has 0 aliphatic carbocycles. The van der Waals surface area contributed by atoms with Crippen LogP contribution >= 0.6 is 23.4 Å². The second-order valence-electron chi connectivity index (χ2n) is 6.49. The van der Waals surface area contributed by atoms with Crippen molar-refractivity contribution in [2.45, 2.75) is 24.5 Å². The van der Waals surface area contributed by atoms with Gasteiger partial charge in [0.25, 0.3) is 0 Å². The summed E-state index contributed by atoms with van der Waals surface area (Å²) in [7, 11) is -9.69. The van der Waals surface area contributed by atoms with Crippen molar-refractivity contribution in [1.82, 2.24) is 19.5 Å². The van der Waals surface area contributed by atoms with E-state index in [1.165, 1.54) is 10.9 Å². The zero-order valence-corrected chi connectivity index (χ0v) is 18.0. The molecule has 20 heteroatoms. The summed E-state index contributed by atoms with van der Waals surface area (Å²) in [4.78, 5) is 61.6. The standard InChI is InChI=1S/C11H17BN5O11P3/c12-31(25,28-30(23,24)4-29(20,21)22)26-1-5-7(18)8(19)11(27-5)17-3-16-6-9(13)14-2-15-10(6)17/h2-3,5,7-8,11,18-19H,1,4H2,(H,23,24)(H2,13,14,15)(H2,20,21,22)/q-1/t5-,7-,8-,11-,31?/m1/s1. The fourth-order valence-electron chi connectivity index (χ4n) is 2.79. The number of hydrogen-bond donors (Lipinski definition) is 6. The molecule has 31 heavy (non-hydrogen) atoms. The first kappa shape index (κ1) is 24.7. The molecule has 0 spiro atoms.